The van der Waals surface area contributed by atoms with Crippen molar-refractivity contribution in [2.24, 2.45) is 5.73 Å². The summed E-state index contributed by atoms with van der Waals surface area (Å²) in [5.41, 5.74) is 10.2. The molecule has 1 heterocycles. The van der Waals surface area contributed by atoms with Crippen molar-refractivity contribution in [3.8, 4) is 0 Å². The second kappa shape index (κ2) is 6.66. The van der Waals surface area contributed by atoms with E-state index in [9.17, 15) is 14.4 Å². The first kappa shape index (κ1) is 15.6. The lowest BCUT2D eigenvalue weighted by molar-refractivity contribution is -0.144. The van der Waals surface area contributed by atoms with E-state index in [4.69, 9.17) is 16.6 Å². The molecule has 0 aliphatic rings. The van der Waals surface area contributed by atoms with Crippen LogP contribution in [0.4, 0.5) is 5.82 Å². The quantitative estimate of drug-likeness (QED) is 0.552. The number of anilines is 1. The topological polar surface area (TPSA) is 145 Å². The minimum absolute atomic E-state index is 0.0525. The molecule has 0 radical (unpaired) electrons. The predicted molar refractivity (Wildman–Crippen MR) is 70.8 cm³/mol. The molecule has 110 valence electrons. The predicted octanol–water partition coefficient (Wildman–Crippen LogP) is -1.91. The Bertz CT molecular complexity index is 554. The van der Waals surface area contributed by atoms with Crippen LogP contribution in [0.25, 0.3) is 0 Å². The smallest absolute Gasteiger partial charge is 0.349 e. The number of amides is 1. The second-order valence-corrected chi connectivity index (χ2v) is 4.41. The lowest BCUT2D eigenvalue weighted by Gasteiger charge is -2.22. The van der Waals surface area contributed by atoms with Crippen LogP contribution in [-0.4, -0.2) is 50.6 Å². The Balaban J connectivity index is 2.84. The van der Waals surface area contributed by atoms with Gasteiger partial charge in [0.05, 0.1) is 0 Å². The van der Waals surface area contributed by atoms with E-state index < -0.39 is 24.1 Å². The summed E-state index contributed by atoms with van der Waals surface area (Å²) in [6.45, 7) is 0.949. The molecule has 0 unspecified atom stereocenters. The van der Waals surface area contributed by atoms with Crippen LogP contribution in [-0.2, 0) is 16.1 Å². The standard InChI is InChI=1S/C11H17N5O4/c1-7(12)4-16(6-10(18)19)9(17)5-15-3-2-8(13)14-11(15)20/h2-3,7H,4-6,12H2,1H3,(H,18,19)(H2,13,14,20)/t7-/m0/s1. The van der Waals surface area contributed by atoms with Crippen molar-refractivity contribution >= 4 is 17.7 Å². The number of carboxylic acids is 1. The van der Waals surface area contributed by atoms with Crippen molar-refractivity contribution in [2.45, 2.75) is 19.5 Å². The van der Waals surface area contributed by atoms with Crippen molar-refractivity contribution in [1.29, 1.82) is 0 Å². The zero-order valence-electron chi connectivity index (χ0n) is 11.0. The molecule has 1 aromatic heterocycles. The van der Waals surface area contributed by atoms with E-state index in [1.54, 1.807) is 6.92 Å². The molecule has 0 spiro atoms. The number of nitrogen functional groups attached to an aromatic ring is 1. The van der Waals surface area contributed by atoms with Gasteiger partial charge in [-0.05, 0) is 13.0 Å². The van der Waals surface area contributed by atoms with Crippen LogP contribution in [0.3, 0.4) is 0 Å². The zero-order valence-corrected chi connectivity index (χ0v) is 11.0. The number of aliphatic carboxylic acids is 1. The Hall–Kier alpha value is -2.42. The molecule has 0 aliphatic carbocycles. The van der Waals surface area contributed by atoms with Gasteiger partial charge >= 0.3 is 11.7 Å². The SMILES string of the molecule is C[C@H](N)CN(CC(=O)O)C(=O)Cn1ccc(N)nc1=O. The summed E-state index contributed by atoms with van der Waals surface area (Å²) < 4.78 is 1.05. The third-order valence-corrected chi connectivity index (χ3v) is 2.39. The Morgan fingerprint density at radius 3 is 2.70 bits per heavy atom. The first-order valence-electron chi connectivity index (χ1n) is 5.87. The van der Waals surface area contributed by atoms with Gasteiger partial charge in [0.15, 0.2) is 0 Å². The van der Waals surface area contributed by atoms with Gasteiger partial charge in [0.1, 0.15) is 18.9 Å². The van der Waals surface area contributed by atoms with Gasteiger partial charge in [-0.3, -0.25) is 14.2 Å². The van der Waals surface area contributed by atoms with E-state index in [-0.39, 0.29) is 24.9 Å². The second-order valence-electron chi connectivity index (χ2n) is 4.41. The number of aromatic nitrogens is 2. The molecule has 0 saturated heterocycles. The van der Waals surface area contributed by atoms with Crippen molar-refractivity contribution in [3.05, 3.63) is 22.7 Å². The Morgan fingerprint density at radius 2 is 2.20 bits per heavy atom. The molecule has 9 nitrogen and oxygen atoms in total. The van der Waals surface area contributed by atoms with Crippen LogP contribution in [0.15, 0.2) is 17.1 Å². The maximum atomic E-state index is 12.0. The number of nitrogens with zero attached hydrogens (tertiary/aromatic N) is 3. The highest BCUT2D eigenvalue weighted by molar-refractivity contribution is 5.81. The molecule has 0 aromatic carbocycles. The Morgan fingerprint density at radius 1 is 1.55 bits per heavy atom. The molecular formula is C11H17N5O4. The largest absolute Gasteiger partial charge is 0.480 e. The maximum Gasteiger partial charge on any atom is 0.349 e. The highest BCUT2D eigenvalue weighted by atomic mass is 16.4. The van der Waals surface area contributed by atoms with E-state index in [0.29, 0.717) is 0 Å². The molecular weight excluding hydrogens is 266 g/mol. The van der Waals surface area contributed by atoms with E-state index in [0.717, 1.165) is 9.47 Å². The van der Waals surface area contributed by atoms with Crippen molar-refractivity contribution in [3.63, 3.8) is 0 Å². The van der Waals surface area contributed by atoms with Crippen LogP contribution in [0.2, 0.25) is 0 Å². The Kier molecular flexibility index (Phi) is 5.21. The number of hydrogen-bond donors (Lipinski definition) is 3. The molecule has 1 rings (SSSR count). The fraction of sp³-hybridized carbons (Fsp3) is 0.455. The highest BCUT2D eigenvalue weighted by Crippen LogP contribution is 1.96. The summed E-state index contributed by atoms with van der Waals surface area (Å²) in [5, 5.41) is 8.77. The van der Waals surface area contributed by atoms with Gasteiger partial charge in [-0.25, -0.2) is 4.79 Å². The van der Waals surface area contributed by atoms with Crippen molar-refractivity contribution in [1.82, 2.24) is 14.5 Å². The summed E-state index contributed by atoms with van der Waals surface area (Å²) in [5.74, 6) is -1.63. The van der Waals surface area contributed by atoms with Crippen LogP contribution in [0.5, 0.6) is 0 Å². The van der Waals surface area contributed by atoms with Gasteiger partial charge < -0.3 is 21.5 Å². The van der Waals surface area contributed by atoms with Gasteiger partial charge in [-0.2, -0.15) is 4.98 Å². The summed E-state index contributed by atoms with van der Waals surface area (Å²) in [6.07, 6.45) is 1.33. The molecule has 1 aromatic rings. The third-order valence-electron chi connectivity index (χ3n) is 2.39. The van der Waals surface area contributed by atoms with E-state index in [1.807, 2.05) is 0 Å². The average molecular weight is 283 g/mol. The molecule has 0 saturated carbocycles. The lowest BCUT2D eigenvalue weighted by atomic mass is 10.3. The highest BCUT2D eigenvalue weighted by Gasteiger charge is 2.18. The monoisotopic (exact) mass is 283 g/mol. The molecule has 1 atom stereocenters. The summed E-state index contributed by atoms with van der Waals surface area (Å²) >= 11 is 0. The molecule has 0 bridgehead atoms. The molecule has 1 amide bonds. The third kappa shape index (κ3) is 4.69. The summed E-state index contributed by atoms with van der Waals surface area (Å²) in [6, 6.07) is 1.00. The number of rotatable bonds is 6. The Labute approximate surface area is 114 Å². The van der Waals surface area contributed by atoms with Crippen molar-refractivity contribution in [2.75, 3.05) is 18.8 Å². The van der Waals surface area contributed by atoms with Crippen LogP contribution in [0, 0.1) is 0 Å². The number of hydrogen-bond acceptors (Lipinski definition) is 6. The van der Waals surface area contributed by atoms with E-state index >= 15 is 0 Å². The van der Waals surface area contributed by atoms with Gasteiger partial charge in [0.25, 0.3) is 0 Å². The van der Waals surface area contributed by atoms with Crippen molar-refractivity contribution < 1.29 is 14.7 Å². The van der Waals surface area contributed by atoms with Gasteiger partial charge in [-0.15, -0.1) is 0 Å². The average Bonchev–Trinajstić information content (AvgIpc) is 2.30. The van der Waals surface area contributed by atoms with Gasteiger partial charge in [0, 0.05) is 18.8 Å². The summed E-state index contributed by atoms with van der Waals surface area (Å²) in [7, 11) is 0. The fourth-order valence-electron chi connectivity index (χ4n) is 1.57. The van der Waals surface area contributed by atoms with Crippen LogP contribution in [0.1, 0.15) is 6.92 Å². The maximum absolute atomic E-state index is 12.0. The van der Waals surface area contributed by atoms with Gasteiger partial charge in [-0.1, -0.05) is 0 Å². The zero-order chi connectivity index (χ0) is 15.3. The molecule has 5 N–H and O–H groups in total. The number of carboxylic acid groups (broad SMARTS) is 1. The minimum atomic E-state index is -1.15. The lowest BCUT2D eigenvalue weighted by Crippen LogP contribution is -2.45. The fourth-order valence-corrected chi connectivity index (χ4v) is 1.57. The molecule has 20 heavy (non-hydrogen) atoms. The summed E-state index contributed by atoms with van der Waals surface area (Å²) in [4.78, 5) is 38.8. The minimum Gasteiger partial charge on any atom is -0.480 e. The first-order valence-corrected chi connectivity index (χ1v) is 5.87. The van der Waals surface area contributed by atoms with E-state index in [1.165, 1.54) is 12.3 Å². The van der Waals surface area contributed by atoms with E-state index in [2.05, 4.69) is 4.98 Å². The first-order chi connectivity index (χ1) is 9.29. The molecule has 0 fully saturated rings. The number of carbonyl (C=O) groups is 2. The molecule has 0 aliphatic heterocycles. The normalized spacial score (nSPS) is 11.9. The van der Waals surface area contributed by atoms with Gasteiger partial charge in [0.2, 0.25) is 5.91 Å². The number of nitrogens with two attached hydrogens (primary N) is 2. The van der Waals surface area contributed by atoms with Crippen LogP contribution >= 0.6 is 0 Å². The number of carbonyl (C=O) groups excluding carboxylic acids is 1. The molecule has 9 heteroatoms. The van der Waals surface area contributed by atoms with Crippen LogP contribution < -0.4 is 17.2 Å².